The Balaban J connectivity index is 1.66. The van der Waals surface area contributed by atoms with Gasteiger partial charge >= 0.3 is 5.97 Å². The number of nitrogens with zero attached hydrogens (tertiary/aromatic N) is 1. The van der Waals surface area contributed by atoms with Crippen molar-refractivity contribution in [3.05, 3.63) is 69.2 Å². The molecule has 1 aliphatic rings. The van der Waals surface area contributed by atoms with Crippen LogP contribution in [0.25, 0.3) is 0 Å². The third-order valence-electron chi connectivity index (χ3n) is 4.66. The largest absolute Gasteiger partial charge is 0.468 e. The summed E-state index contributed by atoms with van der Waals surface area (Å²) in [6.45, 7) is 0.909. The van der Waals surface area contributed by atoms with E-state index in [-0.39, 0.29) is 18.4 Å². The zero-order valence-corrected chi connectivity index (χ0v) is 16.4. The molecule has 7 heteroatoms. The number of nitrogens with one attached hydrogen (secondary N) is 1. The second-order valence-electron chi connectivity index (χ2n) is 6.43. The van der Waals surface area contributed by atoms with Crippen molar-refractivity contribution >= 4 is 35.1 Å². The molecule has 0 aromatic heterocycles. The maximum absolute atomic E-state index is 12.5. The van der Waals surface area contributed by atoms with Crippen molar-refractivity contribution in [3.63, 3.8) is 0 Å². The molecule has 0 saturated heterocycles. The lowest BCUT2D eigenvalue weighted by atomic mass is 9.94. The van der Waals surface area contributed by atoms with E-state index >= 15 is 0 Å². The highest BCUT2D eigenvalue weighted by Gasteiger charge is 2.33. The van der Waals surface area contributed by atoms with Gasteiger partial charge in [-0.05, 0) is 35.2 Å². The van der Waals surface area contributed by atoms with Gasteiger partial charge in [0.25, 0.3) is 0 Å². The van der Waals surface area contributed by atoms with Gasteiger partial charge in [-0.1, -0.05) is 53.5 Å². The van der Waals surface area contributed by atoms with Crippen molar-refractivity contribution in [1.29, 1.82) is 0 Å². The molecule has 1 atom stereocenters. The molecule has 0 radical (unpaired) electrons. The molecule has 142 valence electrons. The predicted molar refractivity (Wildman–Crippen MR) is 105 cm³/mol. The normalized spacial score (nSPS) is 16.5. The van der Waals surface area contributed by atoms with E-state index in [9.17, 15) is 9.59 Å². The van der Waals surface area contributed by atoms with Crippen LogP contribution in [0.2, 0.25) is 10.0 Å². The highest BCUT2D eigenvalue weighted by molar-refractivity contribution is 6.35. The summed E-state index contributed by atoms with van der Waals surface area (Å²) in [6, 6.07) is 12.6. The van der Waals surface area contributed by atoms with Gasteiger partial charge < -0.3 is 10.1 Å². The zero-order valence-electron chi connectivity index (χ0n) is 14.9. The van der Waals surface area contributed by atoms with Crippen LogP contribution in [0.3, 0.4) is 0 Å². The third-order valence-corrected chi connectivity index (χ3v) is 5.24. The van der Waals surface area contributed by atoms with E-state index in [4.69, 9.17) is 27.9 Å². The second-order valence-corrected chi connectivity index (χ2v) is 7.27. The van der Waals surface area contributed by atoms with Crippen LogP contribution < -0.4 is 5.32 Å². The van der Waals surface area contributed by atoms with E-state index in [2.05, 4.69) is 5.32 Å². The van der Waals surface area contributed by atoms with Crippen LogP contribution in [-0.4, -0.2) is 36.5 Å². The summed E-state index contributed by atoms with van der Waals surface area (Å²) in [5.74, 6) is -0.521. The standard InChI is InChI=1S/C20H20Cl2N2O3/c1-27-20(26)18-8-13-4-2-3-5-15(13)11-24(18)12-19(25)23-10-14-6-7-16(21)9-17(14)22/h2-7,9,18H,8,10-12H2,1H3,(H,23,25)/t18-/m0/s1. The van der Waals surface area contributed by atoms with E-state index in [0.29, 0.717) is 29.6 Å². The Bertz CT molecular complexity index is 857. The number of hydrogen-bond acceptors (Lipinski definition) is 4. The molecule has 0 fully saturated rings. The number of amides is 1. The fourth-order valence-electron chi connectivity index (χ4n) is 3.21. The Hall–Kier alpha value is -2.08. The van der Waals surface area contributed by atoms with Gasteiger partial charge in [-0.25, -0.2) is 0 Å². The van der Waals surface area contributed by atoms with Gasteiger partial charge in [0.15, 0.2) is 0 Å². The van der Waals surface area contributed by atoms with Gasteiger partial charge in [0, 0.05) is 23.1 Å². The fraction of sp³-hybridized carbons (Fsp3) is 0.300. The summed E-state index contributed by atoms with van der Waals surface area (Å²) in [5, 5.41) is 3.89. The van der Waals surface area contributed by atoms with Crippen molar-refractivity contribution < 1.29 is 14.3 Å². The number of methoxy groups -OCH3 is 1. The lowest BCUT2D eigenvalue weighted by molar-refractivity contribution is -0.148. The fourth-order valence-corrected chi connectivity index (χ4v) is 3.69. The van der Waals surface area contributed by atoms with Gasteiger partial charge in [0.05, 0.1) is 13.7 Å². The Morgan fingerprint density at radius 1 is 1.19 bits per heavy atom. The maximum Gasteiger partial charge on any atom is 0.323 e. The monoisotopic (exact) mass is 406 g/mol. The Labute approximate surface area is 168 Å². The van der Waals surface area contributed by atoms with Crippen LogP contribution in [-0.2, 0) is 33.8 Å². The summed E-state index contributed by atoms with van der Waals surface area (Å²) < 4.78 is 4.93. The lowest BCUT2D eigenvalue weighted by Gasteiger charge is -2.34. The number of carbonyl (C=O) groups is 2. The smallest absolute Gasteiger partial charge is 0.323 e. The average molecular weight is 407 g/mol. The van der Waals surface area contributed by atoms with Crippen molar-refractivity contribution in [2.24, 2.45) is 0 Å². The number of esters is 1. The Kier molecular flexibility index (Phi) is 6.37. The van der Waals surface area contributed by atoms with Crippen LogP contribution in [0.4, 0.5) is 0 Å². The third kappa shape index (κ3) is 4.80. The first kappa shape index (κ1) is 19.7. The van der Waals surface area contributed by atoms with Crippen molar-refractivity contribution in [3.8, 4) is 0 Å². The molecule has 1 aliphatic heterocycles. The van der Waals surface area contributed by atoms with Gasteiger partial charge in [-0.15, -0.1) is 0 Å². The minimum Gasteiger partial charge on any atom is -0.468 e. The SMILES string of the molecule is COC(=O)[C@@H]1Cc2ccccc2CN1CC(=O)NCc1ccc(Cl)cc1Cl. The highest BCUT2D eigenvalue weighted by Crippen LogP contribution is 2.24. The van der Waals surface area contributed by atoms with Crippen LogP contribution in [0.1, 0.15) is 16.7 Å². The molecule has 5 nitrogen and oxygen atoms in total. The number of hydrogen-bond donors (Lipinski definition) is 1. The molecule has 2 aromatic rings. The Morgan fingerprint density at radius 2 is 1.93 bits per heavy atom. The molecule has 0 spiro atoms. The van der Waals surface area contributed by atoms with Gasteiger partial charge in [0.2, 0.25) is 5.91 Å². The van der Waals surface area contributed by atoms with Crippen molar-refractivity contribution in [2.75, 3.05) is 13.7 Å². The molecule has 0 bridgehead atoms. The predicted octanol–water partition coefficient (Wildman–Crippen LogP) is 3.21. The molecule has 27 heavy (non-hydrogen) atoms. The molecule has 0 unspecified atom stereocenters. The number of benzene rings is 2. The minimum absolute atomic E-state index is 0.0965. The van der Waals surface area contributed by atoms with E-state index in [0.717, 1.165) is 16.7 Å². The molecule has 1 amide bonds. The average Bonchev–Trinajstić information content (AvgIpc) is 2.66. The molecular formula is C20H20Cl2N2O3. The van der Waals surface area contributed by atoms with Crippen molar-refractivity contribution in [1.82, 2.24) is 10.2 Å². The summed E-state index contributed by atoms with van der Waals surface area (Å²) in [7, 11) is 1.36. The van der Waals surface area contributed by atoms with Crippen LogP contribution in [0, 0.1) is 0 Å². The quantitative estimate of drug-likeness (QED) is 0.774. The number of ether oxygens (including phenoxy) is 1. The lowest BCUT2D eigenvalue weighted by Crippen LogP contribution is -2.49. The molecule has 1 N–H and O–H groups in total. The molecule has 3 rings (SSSR count). The van der Waals surface area contributed by atoms with E-state index < -0.39 is 6.04 Å². The van der Waals surface area contributed by atoms with Gasteiger partial charge in [-0.3, -0.25) is 14.5 Å². The minimum atomic E-state index is -0.477. The van der Waals surface area contributed by atoms with Gasteiger partial charge in [-0.2, -0.15) is 0 Å². The molecule has 2 aromatic carbocycles. The summed E-state index contributed by atoms with van der Waals surface area (Å²) in [4.78, 5) is 26.5. The molecule has 1 heterocycles. The van der Waals surface area contributed by atoms with E-state index in [1.165, 1.54) is 7.11 Å². The first-order chi connectivity index (χ1) is 13.0. The summed E-state index contributed by atoms with van der Waals surface area (Å²) >= 11 is 12.0. The van der Waals surface area contributed by atoms with Crippen LogP contribution >= 0.6 is 23.2 Å². The van der Waals surface area contributed by atoms with Crippen LogP contribution in [0.15, 0.2) is 42.5 Å². The molecule has 0 saturated carbocycles. The number of fused-ring (bicyclic) bond motifs is 1. The number of halogens is 2. The second kappa shape index (κ2) is 8.74. The topological polar surface area (TPSA) is 58.6 Å². The molecular weight excluding hydrogens is 387 g/mol. The van der Waals surface area contributed by atoms with E-state index in [1.807, 2.05) is 29.2 Å². The number of carbonyl (C=O) groups excluding carboxylic acids is 2. The first-order valence-corrected chi connectivity index (χ1v) is 9.33. The zero-order chi connectivity index (χ0) is 19.4. The summed E-state index contributed by atoms with van der Waals surface area (Å²) in [6.07, 6.45) is 0.527. The summed E-state index contributed by atoms with van der Waals surface area (Å²) in [5.41, 5.74) is 3.01. The van der Waals surface area contributed by atoms with E-state index in [1.54, 1.807) is 18.2 Å². The first-order valence-electron chi connectivity index (χ1n) is 8.57. The number of rotatable bonds is 5. The van der Waals surface area contributed by atoms with Crippen LogP contribution in [0.5, 0.6) is 0 Å². The Morgan fingerprint density at radius 3 is 2.63 bits per heavy atom. The van der Waals surface area contributed by atoms with Crippen molar-refractivity contribution in [2.45, 2.75) is 25.6 Å². The molecule has 0 aliphatic carbocycles. The van der Waals surface area contributed by atoms with Gasteiger partial charge in [0.1, 0.15) is 6.04 Å². The maximum atomic E-state index is 12.5. The highest BCUT2D eigenvalue weighted by atomic mass is 35.5.